The van der Waals surface area contributed by atoms with Crippen molar-refractivity contribution >= 4 is 12.0 Å². The van der Waals surface area contributed by atoms with E-state index < -0.39 is 5.97 Å². The van der Waals surface area contributed by atoms with Crippen LogP contribution in [0.25, 0.3) is 6.08 Å². The molecule has 0 amide bonds. The highest BCUT2D eigenvalue weighted by Gasteiger charge is 2.08. The van der Waals surface area contributed by atoms with E-state index in [2.05, 4.69) is 4.74 Å². The summed E-state index contributed by atoms with van der Waals surface area (Å²) in [4.78, 5) is 11.1. The van der Waals surface area contributed by atoms with Crippen molar-refractivity contribution in [2.45, 2.75) is 6.92 Å². The van der Waals surface area contributed by atoms with Crippen LogP contribution < -0.4 is 0 Å². The predicted octanol–water partition coefficient (Wildman–Crippen LogP) is 1.78. The maximum Gasteiger partial charge on any atom is 0.348 e. The first kappa shape index (κ1) is 11.8. The van der Waals surface area contributed by atoms with Gasteiger partial charge in [-0.05, 0) is 36.3 Å². The topological polar surface area (TPSA) is 70.3 Å². The van der Waals surface area contributed by atoms with Crippen molar-refractivity contribution < 1.29 is 14.6 Å². The number of methoxy groups -OCH3 is 1. The lowest BCUT2D eigenvalue weighted by Crippen LogP contribution is -2.02. The zero-order valence-electron chi connectivity index (χ0n) is 9.02. The first-order valence-electron chi connectivity index (χ1n) is 4.58. The van der Waals surface area contributed by atoms with Gasteiger partial charge in [-0.1, -0.05) is 6.07 Å². The Kier molecular flexibility index (Phi) is 3.67. The number of phenolic OH excluding ortho intramolecular Hbond substituents is 1. The second-order valence-corrected chi connectivity index (χ2v) is 3.21. The van der Waals surface area contributed by atoms with Crippen LogP contribution in [-0.4, -0.2) is 18.2 Å². The average Bonchev–Trinajstić information content (AvgIpc) is 2.29. The van der Waals surface area contributed by atoms with Gasteiger partial charge >= 0.3 is 5.97 Å². The molecule has 0 aliphatic rings. The van der Waals surface area contributed by atoms with Crippen LogP contribution in [0.3, 0.4) is 0 Å². The summed E-state index contributed by atoms with van der Waals surface area (Å²) in [5.41, 5.74) is 1.26. The number of esters is 1. The number of hydrogen-bond acceptors (Lipinski definition) is 4. The summed E-state index contributed by atoms with van der Waals surface area (Å²) in [6.45, 7) is 1.73. The molecule has 0 atom stereocenters. The number of aryl methyl sites for hydroxylation is 1. The molecule has 16 heavy (non-hydrogen) atoms. The summed E-state index contributed by atoms with van der Waals surface area (Å²) < 4.78 is 4.45. The number of carbonyl (C=O) groups is 1. The Balaban J connectivity index is 3.10. The quantitative estimate of drug-likeness (QED) is 0.465. The normalized spacial score (nSPS) is 10.7. The number of nitriles is 1. The number of rotatable bonds is 2. The minimum absolute atomic E-state index is 0.0763. The van der Waals surface area contributed by atoms with E-state index in [4.69, 9.17) is 5.26 Å². The zero-order chi connectivity index (χ0) is 12.1. The minimum Gasteiger partial charge on any atom is -0.508 e. The van der Waals surface area contributed by atoms with Crippen molar-refractivity contribution in [3.05, 3.63) is 34.9 Å². The van der Waals surface area contributed by atoms with Gasteiger partial charge in [0.1, 0.15) is 17.4 Å². The van der Waals surface area contributed by atoms with Crippen LogP contribution in [0.2, 0.25) is 0 Å². The molecule has 0 aromatic heterocycles. The third-order valence-electron chi connectivity index (χ3n) is 2.06. The Morgan fingerprint density at radius 2 is 2.25 bits per heavy atom. The lowest BCUT2D eigenvalue weighted by molar-refractivity contribution is -0.135. The minimum atomic E-state index is -0.673. The van der Waals surface area contributed by atoms with E-state index in [1.54, 1.807) is 25.1 Å². The number of nitrogens with zero attached hydrogens (tertiary/aromatic N) is 1. The highest BCUT2D eigenvalue weighted by atomic mass is 16.5. The molecule has 0 bridgehead atoms. The molecule has 0 fully saturated rings. The van der Waals surface area contributed by atoms with Gasteiger partial charge in [0.05, 0.1) is 7.11 Å². The zero-order valence-corrected chi connectivity index (χ0v) is 9.02. The Labute approximate surface area is 93.4 Å². The van der Waals surface area contributed by atoms with Gasteiger partial charge in [-0.2, -0.15) is 5.26 Å². The lowest BCUT2D eigenvalue weighted by Gasteiger charge is -2.00. The molecule has 4 heteroatoms. The summed E-state index contributed by atoms with van der Waals surface area (Å²) >= 11 is 0. The Hall–Kier alpha value is -2.28. The van der Waals surface area contributed by atoms with E-state index in [0.717, 1.165) is 0 Å². The van der Waals surface area contributed by atoms with Crippen molar-refractivity contribution in [3.8, 4) is 11.8 Å². The van der Waals surface area contributed by atoms with Crippen LogP contribution >= 0.6 is 0 Å². The lowest BCUT2D eigenvalue weighted by atomic mass is 10.1. The fourth-order valence-corrected chi connectivity index (χ4v) is 1.18. The van der Waals surface area contributed by atoms with Crippen LogP contribution in [0.5, 0.6) is 5.75 Å². The fraction of sp³-hybridized carbons (Fsp3) is 0.167. The van der Waals surface area contributed by atoms with Crippen LogP contribution in [0, 0.1) is 18.3 Å². The molecule has 1 rings (SSSR count). The standard InChI is InChI=1S/C12H11NO3/c1-8-5-9(3-4-11(8)14)6-10(7-13)12(15)16-2/h3-6,14H,1-2H3. The van der Waals surface area contributed by atoms with Crippen molar-refractivity contribution in [2.75, 3.05) is 7.11 Å². The predicted molar refractivity (Wildman–Crippen MR) is 58.4 cm³/mol. The molecular weight excluding hydrogens is 206 g/mol. The van der Waals surface area contributed by atoms with E-state index in [-0.39, 0.29) is 11.3 Å². The van der Waals surface area contributed by atoms with Crippen LogP contribution in [0.4, 0.5) is 0 Å². The highest BCUT2D eigenvalue weighted by Crippen LogP contribution is 2.18. The molecule has 1 N–H and O–H groups in total. The third-order valence-corrected chi connectivity index (χ3v) is 2.06. The van der Waals surface area contributed by atoms with Crippen LogP contribution in [0.1, 0.15) is 11.1 Å². The third kappa shape index (κ3) is 2.61. The number of hydrogen-bond donors (Lipinski definition) is 1. The van der Waals surface area contributed by atoms with E-state index >= 15 is 0 Å². The molecular formula is C12H11NO3. The number of benzene rings is 1. The molecule has 0 heterocycles. The van der Waals surface area contributed by atoms with Crippen LogP contribution in [-0.2, 0) is 9.53 Å². The van der Waals surface area contributed by atoms with Crippen molar-refractivity contribution in [3.63, 3.8) is 0 Å². The SMILES string of the molecule is COC(=O)C(C#N)=Cc1ccc(O)c(C)c1. The van der Waals surface area contributed by atoms with Gasteiger partial charge < -0.3 is 9.84 Å². The largest absolute Gasteiger partial charge is 0.508 e. The fourth-order valence-electron chi connectivity index (χ4n) is 1.18. The molecule has 1 aromatic carbocycles. The summed E-state index contributed by atoms with van der Waals surface area (Å²) in [7, 11) is 1.22. The first-order chi connectivity index (χ1) is 7.58. The van der Waals surface area contributed by atoms with Gasteiger partial charge in [0.15, 0.2) is 0 Å². The van der Waals surface area contributed by atoms with Gasteiger partial charge in [0.2, 0.25) is 0 Å². The molecule has 0 aliphatic heterocycles. The second kappa shape index (κ2) is 4.99. The van der Waals surface area contributed by atoms with Crippen molar-refractivity contribution in [1.82, 2.24) is 0 Å². The first-order valence-corrected chi connectivity index (χ1v) is 4.58. The number of ether oxygens (including phenoxy) is 1. The summed E-state index contributed by atoms with van der Waals surface area (Å²) in [5, 5.41) is 18.1. The van der Waals surface area contributed by atoms with Gasteiger partial charge in [-0.3, -0.25) is 0 Å². The maximum atomic E-state index is 11.1. The molecule has 0 radical (unpaired) electrons. The number of phenols is 1. The molecule has 4 nitrogen and oxygen atoms in total. The van der Waals surface area contributed by atoms with Gasteiger partial charge in [-0.25, -0.2) is 4.79 Å². The van der Waals surface area contributed by atoms with E-state index in [0.29, 0.717) is 11.1 Å². The van der Waals surface area contributed by atoms with Crippen LogP contribution in [0.15, 0.2) is 23.8 Å². The summed E-state index contributed by atoms with van der Waals surface area (Å²) in [5.74, 6) is -0.498. The average molecular weight is 217 g/mol. The van der Waals surface area contributed by atoms with Gasteiger partial charge in [0.25, 0.3) is 0 Å². The van der Waals surface area contributed by atoms with E-state index in [1.807, 2.05) is 0 Å². The molecule has 0 aliphatic carbocycles. The van der Waals surface area contributed by atoms with Gasteiger partial charge in [-0.15, -0.1) is 0 Å². The Bertz CT molecular complexity index is 484. The molecule has 82 valence electrons. The smallest absolute Gasteiger partial charge is 0.348 e. The molecule has 0 saturated carbocycles. The molecule has 0 saturated heterocycles. The van der Waals surface area contributed by atoms with Crippen molar-refractivity contribution in [1.29, 1.82) is 5.26 Å². The number of carbonyl (C=O) groups excluding carboxylic acids is 1. The Morgan fingerprint density at radius 3 is 2.75 bits per heavy atom. The molecule has 1 aromatic rings. The van der Waals surface area contributed by atoms with E-state index in [9.17, 15) is 9.90 Å². The molecule has 0 unspecified atom stereocenters. The monoisotopic (exact) mass is 217 g/mol. The van der Waals surface area contributed by atoms with Gasteiger partial charge in [0, 0.05) is 0 Å². The van der Waals surface area contributed by atoms with Crippen molar-refractivity contribution in [2.24, 2.45) is 0 Å². The highest BCUT2D eigenvalue weighted by molar-refractivity contribution is 5.97. The summed E-state index contributed by atoms with van der Waals surface area (Å²) in [6.07, 6.45) is 1.41. The Morgan fingerprint density at radius 1 is 1.56 bits per heavy atom. The molecule has 0 spiro atoms. The maximum absolute atomic E-state index is 11.1. The summed E-state index contributed by atoms with van der Waals surface area (Å²) in [6, 6.07) is 6.56. The number of aromatic hydroxyl groups is 1. The van der Waals surface area contributed by atoms with E-state index in [1.165, 1.54) is 19.3 Å². The second-order valence-electron chi connectivity index (χ2n) is 3.21.